The second-order valence-corrected chi connectivity index (χ2v) is 2.43. The van der Waals surface area contributed by atoms with Crippen LogP contribution in [0, 0.1) is 0 Å². The predicted molar refractivity (Wildman–Crippen MR) is 31.5 cm³/mol. The van der Waals surface area contributed by atoms with Gasteiger partial charge in [0.2, 0.25) is 0 Å². The normalized spacial score (nSPS) is 14.5. The SMILES string of the molecule is CC[C@H](C)SN. The third-order valence-electron chi connectivity index (χ3n) is 0.807. The first-order valence-electron chi connectivity index (χ1n) is 2.16. The van der Waals surface area contributed by atoms with E-state index in [1.54, 1.807) is 0 Å². The molecule has 0 aromatic heterocycles. The molecule has 0 aliphatic rings. The van der Waals surface area contributed by atoms with Gasteiger partial charge in [0.05, 0.1) is 0 Å². The second-order valence-electron chi connectivity index (χ2n) is 1.35. The van der Waals surface area contributed by atoms with E-state index in [-0.39, 0.29) is 0 Å². The first-order valence-corrected chi connectivity index (χ1v) is 3.11. The van der Waals surface area contributed by atoms with Gasteiger partial charge in [-0.1, -0.05) is 25.8 Å². The molecule has 38 valence electrons. The lowest BCUT2D eigenvalue weighted by Gasteiger charge is -1.98. The van der Waals surface area contributed by atoms with E-state index >= 15 is 0 Å². The van der Waals surface area contributed by atoms with Gasteiger partial charge in [-0.25, -0.2) is 0 Å². The van der Waals surface area contributed by atoms with E-state index in [9.17, 15) is 0 Å². The lowest BCUT2D eigenvalue weighted by molar-refractivity contribution is 0.907. The largest absolute Gasteiger partial charge is 0.278 e. The molecular weight excluding hydrogens is 94.1 g/mol. The van der Waals surface area contributed by atoms with Crippen LogP contribution in [0.1, 0.15) is 20.3 Å². The summed E-state index contributed by atoms with van der Waals surface area (Å²) in [6.45, 7) is 4.25. The molecule has 0 aromatic carbocycles. The van der Waals surface area contributed by atoms with Crippen molar-refractivity contribution in [2.75, 3.05) is 0 Å². The zero-order valence-electron chi connectivity index (χ0n) is 4.27. The third-order valence-corrected chi connectivity index (χ3v) is 1.61. The molecule has 0 rings (SSSR count). The number of rotatable bonds is 2. The summed E-state index contributed by atoms with van der Waals surface area (Å²) in [5.74, 6) is 0. The van der Waals surface area contributed by atoms with Crippen molar-refractivity contribution in [3.05, 3.63) is 0 Å². The maximum atomic E-state index is 5.20. The minimum absolute atomic E-state index is 0.630. The lowest BCUT2D eigenvalue weighted by Crippen LogP contribution is -1.95. The van der Waals surface area contributed by atoms with Crippen molar-refractivity contribution in [2.45, 2.75) is 25.5 Å². The third kappa shape index (κ3) is 2.54. The van der Waals surface area contributed by atoms with Gasteiger partial charge in [-0.15, -0.1) is 0 Å². The van der Waals surface area contributed by atoms with E-state index in [0.29, 0.717) is 5.25 Å². The van der Waals surface area contributed by atoms with Gasteiger partial charge in [0.15, 0.2) is 0 Å². The first kappa shape index (κ1) is 6.31. The molecular formula is C4H11NS. The molecule has 0 heterocycles. The first-order chi connectivity index (χ1) is 2.81. The van der Waals surface area contributed by atoms with Crippen molar-refractivity contribution in [2.24, 2.45) is 5.14 Å². The Kier molecular flexibility index (Phi) is 3.68. The van der Waals surface area contributed by atoms with Crippen LogP contribution >= 0.6 is 11.9 Å². The van der Waals surface area contributed by atoms with Crippen LogP contribution in [0.2, 0.25) is 0 Å². The van der Waals surface area contributed by atoms with Crippen LogP contribution in [0.5, 0.6) is 0 Å². The van der Waals surface area contributed by atoms with Crippen LogP contribution in [0.4, 0.5) is 0 Å². The number of nitrogens with two attached hydrogens (primary N) is 1. The van der Waals surface area contributed by atoms with Crippen LogP contribution < -0.4 is 5.14 Å². The van der Waals surface area contributed by atoms with Crippen LogP contribution in [-0.2, 0) is 0 Å². The summed E-state index contributed by atoms with van der Waals surface area (Å²) >= 11 is 1.42. The van der Waals surface area contributed by atoms with Crippen LogP contribution in [-0.4, -0.2) is 5.25 Å². The van der Waals surface area contributed by atoms with Gasteiger partial charge < -0.3 is 0 Å². The van der Waals surface area contributed by atoms with Crippen molar-refractivity contribution in [1.29, 1.82) is 0 Å². The van der Waals surface area contributed by atoms with Crippen molar-refractivity contribution in [1.82, 2.24) is 0 Å². The quantitative estimate of drug-likeness (QED) is 0.537. The topological polar surface area (TPSA) is 26.0 Å². The van der Waals surface area contributed by atoms with Crippen molar-refractivity contribution in [3.63, 3.8) is 0 Å². The Morgan fingerprint density at radius 1 is 1.83 bits per heavy atom. The molecule has 6 heavy (non-hydrogen) atoms. The molecule has 0 saturated heterocycles. The highest BCUT2D eigenvalue weighted by atomic mass is 32.2. The maximum Gasteiger partial charge on any atom is 0.0159 e. The summed E-state index contributed by atoms with van der Waals surface area (Å²) in [4.78, 5) is 0. The summed E-state index contributed by atoms with van der Waals surface area (Å²) in [6, 6.07) is 0. The molecule has 0 aromatic rings. The lowest BCUT2D eigenvalue weighted by atomic mass is 10.4. The highest BCUT2D eigenvalue weighted by Crippen LogP contribution is 2.03. The van der Waals surface area contributed by atoms with Crippen molar-refractivity contribution in [3.8, 4) is 0 Å². The highest BCUT2D eigenvalue weighted by molar-refractivity contribution is 7.97. The molecule has 0 bridgehead atoms. The molecule has 0 aliphatic carbocycles. The Labute approximate surface area is 43.4 Å². The molecule has 0 spiro atoms. The summed E-state index contributed by atoms with van der Waals surface area (Å²) in [5.41, 5.74) is 0. The zero-order chi connectivity index (χ0) is 4.99. The van der Waals surface area contributed by atoms with Crippen LogP contribution in [0.25, 0.3) is 0 Å². The van der Waals surface area contributed by atoms with Gasteiger partial charge in [-0.05, 0) is 6.42 Å². The fourth-order valence-corrected chi connectivity index (χ4v) is 0.289. The average molecular weight is 105 g/mol. The van der Waals surface area contributed by atoms with Gasteiger partial charge in [0.1, 0.15) is 0 Å². The molecule has 1 nitrogen and oxygen atoms in total. The fourth-order valence-electron chi connectivity index (χ4n) is 0.0962. The Hall–Kier alpha value is 0.310. The molecule has 0 amide bonds. The van der Waals surface area contributed by atoms with E-state index in [1.165, 1.54) is 18.4 Å². The minimum Gasteiger partial charge on any atom is -0.278 e. The predicted octanol–water partition coefficient (Wildman–Crippen LogP) is 1.39. The van der Waals surface area contributed by atoms with Gasteiger partial charge >= 0.3 is 0 Å². The molecule has 0 aliphatic heterocycles. The Morgan fingerprint density at radius 3 is 2.33 bits per heavy atom. The molecule has 1 atom stereocenters. The molecule has 0 unspecified atom stereocenters. The van der Waals surface area contributed by atoms with Crippen molar-refractivity contribution >= 4 is 11.9 Å². The average Bonchev–Trinajstić information content (AvgIpc) is 1.65. The van der Waals surface area contributed by atoms with Crippen LogP contribution in [0.15, 0.2) is 0 Å². The van der Waals surface area contributed by atoms with E-state index in [1.807, 2.05) is 0 Å². The van der Waals surface area contributed by atoms with Gasteiger partial charge in [0.25, 0.3) is 0 Å². The Bertz CT molecular complexity index is 26.7. The Balaban J connectivity index is 2.75. The Morgan fingerprint density at radius 2 is 2.33 bits per heavy atom. The summed E-state index contributed by atoms with van der Waals surface area (Å²) in [5, 5.41) is 5.83. The maximum absolute atomic E-state index is 5.20. The molecule has 2 heteroatoms. The number of hydrogen-bond donors (Lipinski definition) is 1. The molecule has 0 saturated carbocycles. The van der Waals surface area contributed by atoms with E-state index < -0.39 is 0 Å². The summed E-state index contributed by atoms with van der Waals surface area (Å²) < 4.78 is 0. The van der Waals surface area contributed by atoms with Crippen molar-refractivity contribution < 1.29 is 0 Å². The smallest absolute Gasteiger partial charge is 0.0159 e. The summed E-state index contributed by atoms with van der Waals surface area (Å²) in [6.07, 6.45) is 1.17. The van der Waals surface area contributed by atoms with E-state index in [0.717, 1.165) is 0 Å². The molecule has 0 fully saturated rings. The molecule has 2 N–H and O–H groups in total. The molecule has 0 radical (unpaired) electrons. The highest BCUT2D eigenvalue weighted by Gasteiger charge is 1.89. The van der Waals surface area contributed by atoms with E-state index in [4.69, 9.17) is 5.14 Å². The van der Waals surface area contributed by atoms with Gasteiger partial charge in [-0.2, -0.15) is 0 Å². The van der Waals surface area contributed by atoms with Crippen LogP contribution in [0.3, 0.4) is 0 Å². The minimum atomic E-state index is 0.630. The van der Waals surface area contributed by atoms with Gasteiger partial charge in [-0.3, -0.25) is 5.14 Å². The monoisotopic (exact) mass is 105 g/mol. The van der Waals surface area contributed by atoms with Gasteiger partial charge in [0, 0.05) is 5.25 Å². The standard InChI is InChI=1S/C4H11NS/c1-3-4(2)6-5/h4H,3,5H2,1-2H3/t4-/m0/s1. The zero-order valence-corrected chi connectivity index (χ0v) is 5.09. The summed E-state index contributed by atoms with van der Waals surface area (Å²) in [7, 11) is 0. The van der Waals surface area contributed by atoms with E-state index in [2.05, 4.69) is 13.8 Å². The second kappa shape index (κ2) is 3.50. The fraction of sp³-hybridized carbons (Fsp3) is 1.00. The number of hydrogen-bond acceptors (Lipinski definition) is 2.